The van der Waals surface area contributed by atoms with Crippen LogP contribution in [0.25, 0.3) is 5.43 Å². The molecule has 0 aliphatic carbocycles. The van der Waals surface area contributed by atoms with Gasteiger partial charge >= 0.3 is 0 Å². The molecule has 11 heavy (non-hydrogen) atoms. The molecule has 0 aromatic rings. The third-order valence-electron chi connectivity index (χ3n) is 2.42. The van der Waals surface area contributed by atoms with Gasteiger partial charge < -0.3 is 15.8 Å². The molecule has 0 aromatic carbocycles. The summed E-state index contributed by atoms with van der Waals surface area (Å²) in [7, 11) is 1.88. The molecule has 4 heteroatoms. The minimum atomic E-state index is 0.0174. The zero-order valence-electron chi connectivity index (χ0n) is 6.58. The van der Waals surface area contributed by atoms with Crippen LogP contribution in [0, 0.1) is 0 Å². The van der Waals surface area contributed by atoms with Gasteiger partial charge in [0.1, 0.15) is 0 Å². The van der Waals surface area contributed by atoms with E-state index in [0.29, 0.717) is 12.6 Å². The summed E-state index contributed by atoms with van der Waals surface area (Å²) in [6.45, 7) is 1.37. The number of Topliss-reactive ketones (excluding diaryl/α,β-unsaturated/α-hetero) is 1. The van der Waals surface area contributed by atoms with Crippen LogP contribution < -0.4 is 5.32 Å². The highest BCUT2D eigenvalue weighted by atomic mass is 16.1. The van der Waals surface area contributed by atoms with Crippen molar-refractivity contribution < 1.29 is 4.79 Å². The molecule has 0 saturated carbocycles. The maximum absolute atomic E-state index is 11.3. The van der Waals surface area contributed by atoms with E-state index in [0.717, 1.165) is 13.0 Å². The van der Waals surface area contributed by atoms with Crippen LogP contribution in [-0.2, 0) is 4.79 Å². The van der Waals surface area contributed by atoms with E-state index in [2.05, 4.69) is 10.7 Å². The van der Waals surface area contributed by atoms with Crippen molar-refractivity contribution in [2.24, 2.45) is 0 Å². The van der Waals surface area contributed by atoms with Gasteiger partial charge in [-0.25, -0.2) is 0 Å². The summed E-state index contributed by atoms with van der Waals surface area (Å²) in [6, 6.07) is 0.369. The Labute approximate surface area is 65.9 Å². The van der Waals surface area contributed by atoms with E-state index in [4.69, 9.17) is 0 Å². The van der Waals surface area contributed by atoms with Gasteiger partial charge in [-0.05, 0) is 7.05 Å². The summed E-state index contributed by atoms with van der Waals surface area (Å²) < 4.78 is 0. The molecule has 2 atom stereocenters. The standard InChI is InChI=1S/C7H12N3O/c1-10-7-5(2-3-9-10)8-4-6(7)11/h5,7-8H,2-4H2,1H3/q-1. The minimum absolute atomic E-state index is 0.0174. The zero-order chi connectivity index (χ0) is 7.84. The number of nitrogens with one attached hydrogen (secondary N) is 1. The van der Waals surface area contributed by atoms with Crippen LogP contribution in [0.2, 0.25) is 0 Å². The predicted molar refractivity (Wildman–Crippen MR) is 41.2 cm³/mol. The number of nitrogens with zero attached hydrogens (tertiary/aromatic N) is 2. The van der Waals surface area contributed by atoms with Gasteiger partial charge in [0.05, 0.1) is 12.6 Å². The fourth-order valence-corrected chi connectivity index (χ4v) is 1.84. The molecule has 2 rings (SSSR count). The zero-order valence-corrected chi connectivity index (χ0v) is 6.58. The Hall–Kier alpha value is -0.450. The lowest BCUT2D eigenvalue weighted by Gasteiger charge is -2.45. The van der Waals surface area contributed by atoms with Crippen molar-refractivity contribution in [3.63, 3.8) is 0 Å². The van der Waals surface area contributed by atoms with Crippen molar-refractivity contribution in [3.8, 4) is 0 Å². The summed E-state index contributed by atoms with van der Waals surface area (Å²) in [5.74, 6) is 0.279. The highest BCUT2D eigenvalue weighted by Crippen LogP contribution is 2.21. The molecule has 0 aromatic heterocycles. The molecule has 0 radical (unpaired) electrons. The van der Waals surface area contributed by atoms with Crippen molar-refractivity contribution in [1.82, 2.24) is 10.3 Å². The van der Waals surface area contributed by atoms with Crippen LogP contribution in [-0.4, -0.2) is 43.0 Å². The Balaban J connectivity index is 2.14. The summed E-state index contributed by atoms with van der Waals surface area (Å²) in [4.78, 5) is 11.3. The lowest BCUT2D eigenvalue weighted by atomic mass is 10.0. The fourth-order valence-electron chi connectivity index (χ4n) is 1.84. The van der Waals surface area contributed by atoms with E-state index in [1.165, 1.54) is 0 Å². The van der Waals surface area contributed by atoms with E-state index in [-0.39, 0.29) is 11.8 Å². The van der Waals surface area contributed by atoms with Crippen molar-refractivity contribution in [1.29, 1.82) is 0 Å². The topological polar surface area (TPSA) is 46.4 Å². The first-order valence-corrected chi connectivity index (χ1v) is 3.95. The van der Waals surface area contributed by atoms with Gasteiger partial charge in [0, 0.05) is 6.04 Å². The molecule has 2 heterocycles. The largest absolute Gasteiger partial charge is 0.594 e. The minimum Gasteiger partial charge on any atom is -0.594 e. The molecule has 2 aliphatic heterocycles. The average Bonchev–Trinajstić information content (AvgIpc) is 2.34. The van der Waals surface area contributed by atoms with Crippen molar-refractivity contribution in [2.75, 3.05) is 20.1 Å². The van der Waals surface area contributed by atoms with Gasteiger partial charge in [-0.3, -0.25) is 4.79 Å². The highest BCUT2D eigenvalue weighted by molar-refractivity contribution is 5.89. The van der Waals surface area contributed by atoms with Crippen LogP contribution in [0.5, 0.6) is 0 Å². The number of likely N-dealkylation sites (N-methyl/N-ethyl adjacent to an activating group) is 1. The number of carbonyl (C=O) groups excluding carboxylic acids is 1. The first-order chi connectivity index (χ1) is 5.29. The van der Waals surface area contributed by atoms with Crippen LogP contribution in [0.1, 0.15) is 6.42 Å². The number of ketones is 1. The van der Waals surface area contributed by atoms with E-state index in [9.17, 15) is 4.79 Å². The molecule has 4 nitrogen and oxygen atoms in total. The lowest BCUT2D eigenvalue weighted by molar-refractivity contribution is -0.120. The first kappa shape index (κ1) is 7.21. The molecule has 0 bridgehead atoms. The van der Waals surface area contributed by atoms with Gasteiger partial charge in [-0.1, -0.05) is 6.42 Å². The SMILES string of the molecule is CN1[N-]CCC2NCC(=O)C21. The van der Waals surface area contributed by atoms with E-state index >= 15 is 0 Å². The Morgan fingerprint density at radius 1 is 1.73 bits per heavy atom. The van der Waals surface area contributed by atoms with E-state index in [1.54, 1.807) is 5.01 Å². The van der Waals surface area contributed by atoms with Crippen molar-refractivity contribution in [3.05, 3.63) is 5.43 Å². The average molecular weight is 154 g/mol. The van der Waals surface area contributed by atoms with Gasteiger partial charge in [-0.2, -0.15) is 0 Å². The molecule has 0 amide bonds. The third kappa shape index (κ3) is 1.07. The van der Waals surface area contributed by atoms with Crippen LogP contribution >= 0.6 is 0 Å². The predicted octanol–water partition coefficient (Wildman–Crippen LogP) is -0.480. The first-order valence-electron chi connectivity index (χ1n) is 3.95. The Bertz CT molecular complexity index is 183. The second-order valence-electron chi connectivity index (χ2n) is 3.13. The van der Waals surface area contributed by atoms with Gasteiger partial charge in [0.15, 0.2) is 5.78 Å². The molecule has 2 fully saturated rings. The molecule has 2 unspecified atom stereocenters. The lowest BCUT2D eigenvalue weighted by Crippen LogP contribution is -2.46. The van der Waals surface area contributed by atoms with Crippen molar-refractivity contribution >= 4 is 5.78 Å². The fraction of sp³-hybridized carbons (Fsp3) is 0.857. The van der Waals surface area contributed by atoms with Gasteiger partial charge in [0.2, 0.25) is 0 Å². The summed E-state index contributed by atoms with van der Waals surface area (Å²) in [5, 5.41) is 4.99. The molecule has 1 N–H and O–H groups in total. The second kappa shape index (κ2) is 2.55. The summed E-state index contributed by atoms with van der Waals surface area (Å²) >= 11 is 0. The number of hydrogen-bond acceptors (Lipinski definition) is 3. The van der Waals surface area contributed by atoms with Gasteiger partial charge in [0.25, 0.3) is 0 Å². The monoisotopic (exact) mass is 154 g/mol. The molecule has 2 aliphatic rings. The molecular weight excluding hydrogens is 142 g/mol. The normalized spacial score (nSPS) is 39.2. The number of rotatable bonds is 0. The number of carbonyl (C=O) groups is 1. The third-order valence-corrected chi connectivity index (χ3v) is 2.42. The molecular formula is C7H12N3O-. The van der Waals surface area contributed by atoms with Crippen LogP contribution in [0.3, 0.4) is 0 Å². The Kier molecular flexibility index (Phi) is 1.67. The van der Waals surface area contributed by atoms with Crippen molar-refractivity contribution in [2.45, 2.75) is 18.5 Å². The number of fused-ring (bicyclic) bond motifs is 1. The maximum atomic E-state index is 11.3. The van der Waals surface area contributed by atoms with Crippen LogP contribution in [0.4, 0.5) is 0 Å². The molecule has 62 valence electrons. The second-order valence-corrected chi connectivity index (χ2v) is 3.13. The maximum Gasteiger partial charge on any atom is 0.163 e. The molecule has 2 saturated heterocycles. The van der Waals surface area contributed by atoms with E-state index < -0.39 is 0 Å². The Morgan fingerprint density at radius 3 is 3.27 bits per heavy atom. The summed E-state index contributed by atoms with van der Waals surface area (Å²) in [5.41, 5.74) is 4.20. The smallest absolute Gasteiger partial charge is 0.163 e. The molecule has 0 spiro atoms. The highest BCUT2D eigenvalue weighted by Gasteiger charge is 2.35. The number of hydrogen-bond donors (Lipinski definition) is 1. The summed E-state index contributed by atoms with van der Waals surface area (Å²) in [6.07, 6.45) is 1.00. The quantitative estimate of drug-likeness (QED) is 0.512. The van der Waals surface area contributed by atoms with E-state index in [1.807, 2.05) is 7.05 Å². The van der Waals surface area contributed by atoms with Crippen LogP contribution in [0.15, 0.2) is 0 Å². The van der Waals surface area contributed by atoms with Gasteiger partial charge in [-0.15, -0.1) is 6.54 Å². The Morgan fingerprint density at radius 2 is 2.55 bits per heavy atom.